The van der Waals surface area contributed by atoms with Crippen LogP contribution in [-0.4, -0.2) is 65.6 Å². The van der Waals surface area contributed by atoms with Crippen molar-refractivity contribution in [3.05, 3.63) is 93.6 Å². The summed E-state index contributed by atoms with van der Waals surface area (Å²) in [7, 11) is 0. The number of fused-ring (bicyclic) bond motifs is 3. The number of carbonyl (C=O) groups is 2. The first-order chi connectivity index (χ1) is 20.4. The van der Waals surface area contributed by atoms with E-state index in [-0.39, 0.29) is 25.6 Å². The molecule has 0 fully saturated rings. The minimum atomic E-state index is -0.546. The largest absolute Gasteiger partial charge is 0.491 e. The molecule has 3 aromatic carbocycles. The monoisotopic (exact) mass is 615 g/mol. The lowest BCUT2D eigenvalue weighted by Crippen LogP contribution is -2.36. The van der Waals surface area contributed by atoms with Crippen molar-refractivity contribution in [1.29, 1.82) is 0 Å². The van der Waals surface area contributed by atoms with Crippen LogP contribution in [0.15, 0.2) is 66.7 Å². The van der Waals surface area contributed by atoms with Crippen molar-refractivity contribution in [2.45, 2.75) is 31.9 Å². The molecule has 1 aliphatic heterocycles. The molecule has 1 aromatic heterocycles. The molecule has 11 heteroatoms. The number of aliphatic hydroxyl groups is 1. The molecule has 0 aliphatic carbocycles. The fourth-order valence-electron chi connectivity index (χ4n) is 4.96. The molecule has 0 radical (unpaired) electrons. The third kappa shape index (κ3) is 8.62. The molecule has 1 aliphatic rings. The second-order valence-electron chi connectivity index (χ2n) is 9.48. The number of H-pyrrole nitrogens is 1. The van der Waals surface area contributed by atoms with Crippen LogP contribution in [0.1, 0.15) is 36.2 Å². The molecule has 0 spiro atoms. The summed E-state index contributed by atoms with van der Waals surface area (Å²) in [5.41, 5.74) is 5.86. The zero-order valence-corrected chi connectivity index (χ0v) is 24.7. The van der Waals surface area contributed by atoms with Crippen molar-refractivity contribution < 1.29 is 29.6 Å². The summed E-state index contributed by atoms with van der Waals surface area (Å²) in [5.74, 6) is 0.741. The first-order valence-corrected chi connectivity index (χ1v) is 14.2. The number of nitrogens with zero attached hydrogens (tertiary/aromatic N) is 1. The molecule has 5 N–H and O–H groups in total. The average molecular weight is 617 g/mol. The predicted molar refractivity (Wildman–Crippen MR) is 166 cm³/mol. The Labute approximate surface area is 254 Å². The number of aromatic nitrogens is 1. The van der Waals surface area contributed by atoms with Crippen LogP contribution < -0.4 is 15.0 Å². The van der Waals surface area contributed by atoms with E-state index in [9.17, 15) is 5.11 Å². The fourth-order valence-corrected chi connectivity index (χ4v) is 5.26. The number of ether oxygens (including phenoxy) is 1. The van der Waals surface area contributed by atoms with Gasteiger partial charge in [0.15, 0.2) is 0 Å². The summed E-state index contributed by atoms with van der Waals surface area (Å²) in [6, 6.07) is 22.2. The van der Waals surface area contributed by atoms with Gasteiger partial charge in [0.1, 0.15) is 18.5 Å². The number of rotatable bonds is 9. The van der Waals surface area contributed by atoms with Gasteiger partial charge in [-0.05, 0) is 85.1 Å². The zero-order valence-electron chi connectivity index (χ0n) is 23.2. The molecule has 224 valence electrons. The van der Waals surface area contributed by atoms with Gasteiger partial charge in [-0.2, -0.15) is 0 Å². The highest BCUT2D eigenvalue weighted by atomic mass is 35.5. The Balaban J connectivity index is 0.000000745. The van der Waals surface area contributed by atoms with Gasteiger partial charge in [0.25, 0.3) is 12.9 Å². The number of anilines is 1. The molecule has 2 heterocycles. The predicted octanol–water partition coefficient (Wildman–Crippen LogP) is 5.77. The molecule has 0 saturated carbocycles. The van der Waals surface area contributed by atoms with Crippen molar-refractivity contribution in [2.24, 2.45) is 0 Å². The van der Waals surface area contributed by atoms with Gasteiger partial charge in [0.05, 0.1) is 6.04 Å². The van der Waals surface area contributed by atoms with Crippen LogP contribution in [0.2, 0.25) is 10.0 Å². The molecule has 2 unspecified atom stereocenters. The Kier molecular flexibility index (Phi) is 13.0. The van der Waals surface area contributed by atoms with Crippen molar-refractivity contribution in [3.8, 4) is 5.75 Å². The van der Waals surface area contributed by atoms with Crippen molar-refractivity contribution in [2.75, 3.05) is 31.1 Å². The van der Waals surface area contributed by atoms with Crippen molar-refractivity contribution >= 4 is 52.7 Å². The van der Waals surface area contributed by atoms with Gasteiger partial charge >= 0.3 is 0 Å². The zero-order chi connectivity index (χ0) is 30.5. The van der Waals surface area contributed by atoms with Gasteiger partial charge in [-0.15, -0.1) is 0 Å². The highest BCUT2D eigenvalue weighted by Gasteiger charge is 2.32. The molecule has 2 atom stereocenters. The third-order valence-electron chi connectivity index (χ3n) is 6.69. The quantitative estimate of drug-likeness (QED) is 0.118. The number of halogens is 2. The van der Waals surface area contributed by atoms with Crippen molar-refractivity contribution in [3.63, 3.8) is 0 Å². The standard InChI is InChI=1S/C29H31Cl2N3O2.2CH2O2/c1-2-14-32-17-23(35)18-36-24-10-3-19(4-11-24)29-28-25(26-16-21(31)7-12-27(26)33-28)13-15-34(29)22-8-5-20(30)6-9-22;2*2-1-3/h3-12,16,23,29,32-33,35H,2,13-15,17-18H2,1H3;2*1H,(H,2,3). The SMILES string of the molecule is CCCNCC(O)COc1ccc(C2c3[nH]c4ccc(Cl)cc4c3CCN2c2ccc(Cl)cc2)cc1.O=CO.O=CO. The maximum absolute atomic E-state index is 10.2. The van der Waals surface area contributed by atoms with Crippen molar-refractivity contribution in [1.82, 2.24) is 10.3 Å². The van der Waals surface area contributed by atoms with Crippen LogP contribution >= 0.6 is 23.2 Å². The van der Waals surface area contributed by atoms with Crippen LogP contribution in [0.3, 0.4) is 0 Å². The number of aromatic amines is 1. The van der Waals surface area contributed by atoms with E-state index in [4.69, 9.17) is 47.7 Å². The minimum absolute atomic E-state index is 0.000940. The first-order valence-electron chi connectivity index (χ1n) is 13.5. The maximum Gasteiger partial charge on any atom is 0.290 e. The Morgan fingerprint density at radius 1 is 1.02 bits per heavy atom. The molecule has 9 nitrogen and oxygen atoms in total. The lowest BCUT2D eigenvalue weighted by Gasteiger charge is -2.38. The summed E-state index contributed by atoms with van der Waals surface area (Å²) < 4.78 is 5.86. The van der Waals surface area contributed by atoms with Crippen LogP contribution in [0.4, 0.5) is 5.69 Å². The summed E-state index contributed by atoms with van der Waals surface area (Å²) >= 11 is 12.5. The number of hydrogen-bond donors (Lipinski definition) is 5. The second kappa shape index (κ2) is 16.6. The molecule has 0 saturated heterocycles. The van der Waals surface area contributed by atoms with E-state index in [1.165, 1.54) is 16.6 Å². The van der Waals surface area contributed by atoms with E-state index in [1.54, 1.807) is 0 Å². The van der Waals surface area contributed by atoms with Gasteiger partial charge in [0.2, 0.25) is 0 Å². The highest BCUT2D eigenvalue weighted by molar-refractivity contribution is 6.31. The number of hydrogen-bond acceptors (Lipinski definition) is 6. The van der Waals surface area contributed by atoms with E-state index in [0.717, 1.165) is 58.5 Å². The molecule has 5 rings (SSSR count). The average Bonchev–Trinajstić information content (AvgIpc) is 3.35. The van der Waals surface area contributed by atoms with Crippen LogP contribution in [0.5, 0.6) is 5.75 Å². The lowest BCUT2D eigenvalue weighted by molar-refractivity contribution is -0.123. The van der Waals surface area contributed by atoms with Gasteiger partial charge in [0, 0.05) is 45.4 Å². The van der Waals surface area contributed by atoms with E-state index >= 15 is 0 Å². The molecule has 4 aromatic rings. The summed E-state index contributed by atoms with van der Waals surface area (Å²) in [6.07, 6.45) is 1.41. The smallest absolute Gasteiger partial charge is 0.290 e. The normalized spacial score (nSPS) is 14.5. The summed E-state index contributed by atoms with van der Waals surface area (Å²) in [4.78, 5) is 22.8. The molecule has 0 amide bonds. The Morgan fingerprint density at radius 2 is 1.67 bits per heavy atom. The Morgan fingerprint density at radius 3 is 2.31 bits per heavy atom. The van der Waals surface area contributed by atoms with E-state index in [2.05, 4.69) is 58.5 Å². The Bertz CT molecular complexity index is 1410. The van der Waals surface area contributed by atoms with E-state index < -0.39 is 6.10 Å². The molecular formula is C31H35Cl2N3O6. The van der Waals surface area contributed by atoms with Gasteiger partial charge in [-0.25, -0.2) is 0 Å². The first kappa shape index (κ1) is 32.8. The highest BCUT2D eigenvalue weighted by Crippen LogP contribution is 2.41. The third-order valence-corrected chi connectivity index (χ3v) is 7.18. The molecular weight excluding hydrogens is 581 g/mol. The Hall–Kier alpha value is -3.76. The summed E-state index contributed by atoms with van der Waals surface area (Å²) in [6.45, 7) is 4.14. The van der Waals surface area contributed by atoms with Crippen LogP contribution in [0.25, 0.3) is 10.9 Å². The van der Waals surface area contributed by atoms with Gasteiger partial charge < -0.3 is 35.3 Å². The van der Waals surface area contributed by atoms with Crippen LogP contribution in [0, 0.1) is 0 Å². The second-order valence-corrected chi connectivity index (χ2v) is 10.4. The maximum atomic E-state index is 10.2. The fraction of sp³-hybridized carbons (Fsp3) is 0.290. The number of aliphatic hydroxyl groups excluding tert-OH is 1. The van der Waals surface area contributed by atoms with Crippen LogP contribution in [-0.2, 0) is 16.0 Å². The topological polar surface area (TPSA) is 135 Å². The number of carboxylic acid groups (broad SMARTS) is 2. The van der Waals surface area contributed by atoms with E-state index in [1.807, 2.05) is 30.3 Å². The van der Waals surface area contributed by atoms with E-state index in [0.29, 0.717) is 6.54 Å². The van der Waals surface area contributed by atoms with Gasteiger partial charge in [-0.3, -0.25) is 9.59 Å². The molecule has 42 heavy (non-hydrogen) atoms. The lowest BCUT2D eigenvalue weighted by atomic mass is 9.91. The summed E-state index contributed by atoms with van der Waals surface area (Å²) in [5, 5.41) is 29.8. The van der Waals surface area contributed by atoms with Gasteiger partial charge in [-0.1, -0.05) is 42.3 Å². The minimum Gasteiger partial charge on any atom is -0.491 e. The molecule has 0 bridgehead atoms. The number of nitrogens with one attached hydrogen (secondary N) is 2. The number of benzene rings is 3.